The van der Waals surface area contributed by atoms with E-state index >= 15 is 0 Å². The van der Waals surface area contributed by atoms with Crippen molar-refractivity contribution in [2.45, 2.75) is 16.7 Å². The lowest BCUT2D eigenvalue weighted by atomic mass is 10.2. The van der Waals surface area contributed by atoms with Gasteiger partial charge in [0.2, 0.25) is 5.24 Å². The maximum Gasteiger partial charge on any atom is 0.235 e. The van der Waals surface area contributed by atoms with E-state index in [-0.39, 0.29) is 10.5 Å². The first-order chi connectivity index (χ1) is 7.25. The maximum atomic E-state index is 11.2. The minimum absolute atomic E-state index is 0.179. The highest BCUT2D eigenvalue weighted by molar-refractivity contribution is 8.00. The summed E-state index contributed by atoms with van der Waals surface area (Å²) in [4.78, 5) is 15.4. The van der Waals surface area contributed by atoms with Gasteiger partial charge >= 0.3 is 0 Å². The van der Waals surface area contributed by atoms with Crippen LogP contribution >= 0.6 is 23.4 Å². The van der Waals surface area contributed by atoms with Crippen LogP contribution in [0.15, 0.2) is 29.4 Å². The van der Waals surface area contributed by atoms with Gasteiger partial charge in [0.25, 0.3) is 0 Å². The first-order valence-corrected chi connectivity index (χ1v) is 5.83. The molecule has 0 N–H and O–H groups in total. The van der Waals surface area contributed by atoms with Gasteiger partial charge in [-0.05, 0) is 23.7 Å². The second-order valence-electron chi connectivity index (χ2n) is 3.42. The molecule has 1 aliphatic heterocycles. The van der Waals surface area contributed by atoms with Crippen LogP contribution in [0.2, 0.25) is 0 Å². The molecule has 76 valence electrons. The average molecular weight is 239 g/mol. The van der Waals surface area contributed by atoms with Gasteiger partial charge in [0.1, 0.15) is 5.65 Å². The van der Waals surface area contributed by atoms with Crippen LogP contribution in [0.5, 0.6) is 0 Å². The third-order valence-electron chi connectivity index (χ3n) is 2.48. The Balaban J connectivity index is 2.20. The summed E-state index contributed by atoms with van der Waals surface area (Å²) in [5.41, 5.74) is 1.98. The molecule has 0 aromatic carbocycles. The van der Waals surface area contributed by atoms with E-state index < -0.39 is 0 Å². The van der Waals surface area contributed by atoms with E-state index in [9.17, 15) is 4.79 Å². The monoisotopic (exact) mass is 238 g/mol. The summed E-state index contributed by atoms with van der Waals surface area (Å²) in [6.45, 7) is 0. The van der Waals surface area contributed by atoms with Crippen LogP contribution in [0.3, 0.4) is 0 Å². The number of hydrogen-bond acceptors (Lipinski definition) is 3. The predicted molar refractivity (Wildman–Crippen MR) is 59.4 cm³/mol. The number of imidazole rings is 1. The Morgan fingerprint density at radius 3 is 3.27 bits per heavy atom. The van der Waals surface area contributed by atoms with Gasteiger partial charge in [-0.1, -0.05) is 17.8 Å². The fourth-order valence-electron chi connectivity index (χ4n) is 1.81. The lowest BCUT2D eigenvalue weighted by Crippen LogP contribution is -2.20. The Bertz CT molecular complexity index is 551. The quantitative estimate of drug-likeness (QED) is 0.714. The topological polar surface area (TPSA) is 34.4 Å². The summed E-state index contributed by atoms with van der Waals surface area (Å²) in [5, 5.41) is 0.566. The van der Waals surface area contributed by atoms with Crippen LogP contribution in [0.4, 0.5) is 0 Å². The summed E-state index contributed by atoms with van der Waals surface area (Å²) in [5.74, 6) is 0. The zero-order valence-corrected chi connectivity index (χ0v) is 9.26. The van der Waals surface area contributed by atoms with Crippen LogP contribution in [0.25, 0.3) is 5.65 Å². The number of halogens is 1. The summed E-state index contributed by atoms with van der Waals surface area (Å²) in [6.07, 6.45) is 2.47. The fraction of sp³-hybridized carbons (Fsp3) is 0.200. The van der Waals surface area contributed by atoms with Crippen LogP contribution in [-0.4, -0.2) is 19.9 Å². The molecule has 2 aromatic rings. The molecule has 5 heteroatoms. The molecule has 0 bridgehead atoms. The molecule has 1 aliphatic rings. The first-order valence-electron chi connectivity index (χ1n) is 4.57. The van der Waals surface area contributed by atoms with Gasteiger partial charge in [0.15, 0.2) is 0 Å². The normalized spacial score (nSPS) is 19.4. The zero-order chi connectivity index (χ0) is 10.4. The van der Waals surface area contributed by atoms with Crippen molar-refractivity contribution in [2.24, 2.45) is 0 Å². The Morgan fingerprint density at radius 2 is 2.47 bits per heavy atom. The van der Waals surface area contributed by atoms with Gasteiger partial charge in [0.05, 0.1) is 10.3 Å². The van der Waals surface area contributed by atoms with Crippen molar-refractivity contribution in [2.75, 3.05) is 0 Å². The number of hydrogen-bond donors (Lipinski definition) is 0. The standard InChI is InChI=1S/C10H7ClN2OS/c11-10(14)7-4-6-5-12-8-2-1-3-9(15-7)13(6)8/h1-3,5,7H,4H2. The minimum atomic E-state index is -0.288. The number of nitrogens with zero attached hydrogens (tertiary/aromatic N) is 2. The number of aromatic nitrogens is 2. The van der Waals surface area contributed by atoms with Gasteiger partial charge in [-0.15, -0.1) is 0 Å². The molecule has 0 spiro atoms. The Hall–Kier alpha value is -1.000. The molecular formula is C10H7ClN2OS. The highest BCUT2D eigenvalue weighted by atomic mass is 35.5. The van der Waals surface area contributed by atoms with Gasteiger partial charge in [-0.3, -0.25) is 9.20 Å². The molecule has 3 heterocycles. The SMILES string of the molecule is O=C(Cl)C1Cc2cnc3cccc(n23)S1. The summed E-state index contributed by atoms with van der Waals surface area (Å²) < 4.78 is 2.07. The lowest BCUT2D eigenvalue weighted by molar-refractivity contribution is -0.111. The van der Waals surface area contributed by atoms with E-state index in [1.54, 1.807) is 0 Å². The van der Waals surface area contributed by atoms with E-state index in [2.05, 4.69) is 9.38 Å². The lowest BCUT2D eigenvalue weighted by Gasteiger charge is -2.19. The number of rotatable bonds is 1. The summed E-state index contributed by atoms with van der Waals surface area (Å²) in [7, 11) is 0. The second kappa shape index (κ2) is 3.25. The molecule has 2 aromatic heterocycles. The second-order valence-corrected chi connectivity index (χ2v) is 5.02. The molecular weight excluding hydrogens is 232 g/mol. The number of carbonyl (C=O) groups is 1. The van der Waals surface area contributed by atoms with Gasteiger partial charge in [-0.25, -0.2) is 4.98 Å². The molecule has 1 unspecified atom stereocenters. The maximum absolute atomic E-state index is 11.2. The van der Waals surface area contributed by atoms with Crippen molar-refractivity contribution < 1.29 is 4.79 Å². The molecule has 0 fully saturated rings. The number of thioether (sulfide) groups is 1. The Morgan fingerprint density at radius 1 is 1.60 bits per heavy atom. The molecule has 3 rings (SSSR count). The minimum Gasteiger partial charge on any atom is -0.291 e. The van der Waals surface area contributed by atoms with Gasteiger partial charge < -0.3 is 0 Å². The van der Waals surface area contributed by atoms with Crippen molar-refractivity contribution >= 4 is 34.3 Å². The molecule has 1 atom stereocenters. The molecule has 0 amide bonds. The van der Waals surface area contributed by atoms with Crippen molar-refractivity contribution in [1.29, 1.82) is 0 Å². The zero-order valence-electron chi connectivity index (χ0n) is 7.68. The van der Waals surface area contributed by atoms with E-state index in [1.165, 1.54) is 11.8 Å². The summed E-state index contributed by atoms with van der Waals surface area (Å²) >= 11 is 7.04. The highest BCUT2D eigenvalue weighted by Gasteiger charge is 2.26. The van der Waals surface area contributed by atoms with Gasteiger partial charge in [-0.2, -0.15) is 0 Å². The molecule has 3 nitrogen and oxygen atoms in total. The number of carbonyl (C=O) groups excluding carboxylic acids is 1. The number of pyridine rings is 1. The first kappa shape index (κ1) is 9.24. The van der Waals surface area contributed by atoms with E-state index in [0.29, 0.717) is 6.42 Å². The molecule has 0 saturated carbocycles. The molecule has 15 heavy (non-hydrogen) atoms. The predicted octanol–water partition coefficient (Wildman–Crippen LogP) is 2.12. The largest absolute Gasteiger partial charge is 0.291 e. The Labute approximate surface area is 95.4 Å². The van der Waals surface area contributed by atoms with Crippen molar-refractivity contribution in [3.63, 3.8) is 0 Å². The molecule has 0 saturated heterocycles. The third kappa shape index (κ3) is 1.36. The Kier molecular flexibility index (Phi) is 2.00. The van der Waals surface area contributed by atoms with E-state index in [0.717, 1.165) is 16.4 Å². The average Bonchev–Trinajstić information content (AvgIpc) is 2.64. The van der Waals surface area contributed by atoms with Crippen LogP contribution in [-0.2, 0) is 11.2 Å². The van der Waals surface area contributed by atoms with Gasteiger partial charge in [0, 0.05) is 18.3 Å². The van der Waals surface area contributed by atoms with Crippen LogP contribution in [0.1, 0.15) is 5.69 Å². The molecule has 0 radical (unpaired) electrons. The highest BCUT2D eigenvalue weighted by Crippen LogP contribution is 2.33. The van der Waals surface area contributed by atoms with Crippen molar-refractivity contribution in [1.82, 2.24) is 9.38 Å². The van der Waals surface area contributed by atoms with E-state index in [4.69, 9.17) is 11.6 Å². The van der Waals surface area contributed by atoms with Crippen LogP contribution < -0.4 is 0 Å². The smallest absolute Gasteiger partial charge is 0.235 e. The third-order valence-corrected chi connectivity index (χ3v) is 4.10. The van der Waals surface area contributed by atoms with E-state index in [1.807, 2.05) is 24.4 Å². The fourth-order valence-corrected chi connectivity index (χ4v) is 3.13. The van der Waals surface area contributed by atoms with Crippen molar-refractivity contribution in [3.05, 3.63) is 30.1 Å². The van der Waals surface area contributed by atoms with Crippen LogP contribution in [0, 0.1) is 0 Å². The van der Waals surface area contributed by atoms with Crippen molar-refractivity contribution in [3.8, 4) is 0 Å². The summed E-state index contributed by atoms with van der Waals surface area (Å²) in [6, 6.07) is 5.88. The molecule has 0 aliphatic carbocycles.